The van der Waals surface area contributed by atoms with Gasteiger partial charge < -0.3 is 9.80 Å². The number of Topliss-reactive ketones (excluding diaryl/α,β-unsaturated/α-hetero) is 1. The number of amidine groups is 1. The molecule has 1 rings (SSSR count). The van der Waals surface area contributed by atoms with Crippen molar-refractivity contribution < 1.29 is 4.79 Å². The zero-order valence-corrected chi connectivity index (χ0v) is 17.2. The van der Waals surface area contributed by atoms with Gasteiger partial charge in [-0.15, -0.1) is 5.10 Å². The highest BCUT2D eigenvalue weighted by Crippen LogP contribution is 2.14. The van der Waals surface area contributed by atoms with Crippen molar-refractivity contribution in [2.24, 2.45) is 15.1 Å². The van der Waals surface area contributed by atoms with Crippen molar-refractivity contribution in [3.8, 4) is 0 Å². The van der Waals surface area contributed by atoms with E-state index >= 15 is 0 Å². The number of likely N-dealkylation sites (tertiary alicyclic amines) is 1. The van der Waals surface area contributed by atoms with Gasteiger partial charge in [-0.25, -0.2) is 10.1 Å². The van der Waals surface area contributed by atoms with Gasteiger partial charge in [0.05, 0.1) is 6.21 Å². The van der Waals surface area contributed by atoms with Crippen molar-refractivity contribution in [1.82, 2.24) is 20.3 Å². The average molecular weight is 364 g/mol. The minimum atomic E-state index is 0.0408. The van der Waals surface area contributed by atoms with Crippen LogP contribution in [-0.4, -0.2) is 86.4 Å². The molecule has 0 aliphatic carbocycles. The van der Waals surface area contributed by atoms with Gasteiger partial charge in [0.15, 0.2) is 11.6 Å². The monoisotopic (exact) mass is 363 g/mol. The van der Waals surface area contributed by atoms with Crippen LogP contribution in [0.15, 0.2) is 26.4 Å². The van der Waals surface area contributed by atoms with Crippen molar-refractivity contribution in [2.45, 2.75) is 39.7 Å². The van der Waals surface area contributed by atoms with E-state index in [0.717, 1.165) is 37.5 Å². The first-order chi connectivity index (χ1) is 12.3. The molecule has 8 heteroatoms. The lowest BCUT2D eigenvalue weighted by Crippen LogP contribution is -2.46. The van der Waals surface area contributed by atoms with Gasteiger partial charge in [0.2, 0.25) is 0 Å². The number of allylic oxidation sites excluding steroid dienone is 2. The number of piperidine rings is 1. The van der Waals surface area contributed by atoms with Crippen LogP contribution in [0.4, 0.5) is 0 Å². The third-order valence-corrected chi connectivity index (χ3v) is 4.56. The van der Waals surface area contributed by atoms with E-state index in [4.69, 9.17) is 0 Å². The van der Waals surface area contributed by atoms with Crippen LogP contribution in [0.3, 0.4) is 0 Å². The molecule has 146 valence electrons. The summed E-state index contributed by atoms with van der Waals surface area (Å²) in [7, 11) is 7.74. The van der Waals surface area contributed by atoms with Crippen LogP contribution >= 0.6 is 0 Å². The Hall–Kier alpha value is -2.22. The Labute approximate surface area is 157 Å². The van der Waals surface area contributed by atoms with E-state index in [1.165, 1.54) is 6.34 Å². The second kappa shape index (κ2) is 10.7. The maximum Gasteiger partial charge on any atom is 0.169 e. The summed E-state index contributed by atoms with van der Waals surface area (Å²) in [5.41, 5.74) is 4.59. The van der Waals surface area contributed by atoms with Crippen LogP contribution in [0.1, 0.15) is 33.6 Å². The molecule has 0 aromatic carbocycles. The number of nitrogens with one attached hydrogen (secondary N) is 1. The molecule has 0 spiro atoms. The summed E-state index contributed by atoms with van der Waals surface area (Å²) in [4.78, 5) is 24.1. The van der Waals surface area contributed by atoms with E-state index in [0.29, 0.717) is 11.6 Å². The number of carbonyl (C=O) groups is 1. The lowest BCUT2D eigenvalue weighted by atomic mass is 10.0. The number of carbonyl (C=O) groups excluding carboxylic acids is 1. The highest BCUT2D eigenvalue weighted by atomic mass is 16.1. The fraction of sp³-hybridized carbons (Fsp3) is 0.667. The zero-order valence-electron chi connectivity index (χ0n) is 17.2. The maximum absolute atomic E-state index is 11.5. The van der Waals surface area contributed by atoms with Gasteiger partial charge in [0.25, 0.3) is 0 Å². The van der Waals surface area contributed by atoms with Crippen molar-refractivity contribution in [2.75, 3.05) is 41.3 Å². The summed E-state index contributed by atoms with van der Waals surface area (Å²) in [6.45, 7) is 7.07. The number of hydrogen-bond acceptors (Lipinski definition) is 6. The molecule has 1 saturated heterocycles. The van der Waals surface area contributed by atoms with Gasteiger partial charge in [-0.1, -0.05) is 0 Å². The Kier molecular flexibility index (Phi) is 8.98. The molecule has 1 heterocycles. The summed E-state index contributed by atoms with van der Waals surface area (Å²) in [6.07, 6.45) is 5.39. The molecular formula is C18H33N7O. The lowest BCUT2D eigenvalue weighted by Gasteiger charge is -2.36. The summed E-state index contributed by atoms with van der Waals surface area (Å²) in [5, 5.41) is 6.23. The summed E-state index contributed by atoms with van der Waals surface area (Å²) in [5.74, 6) is 0.810. The predicted molar refractivity (Wildman–Crippen MR) is 109 cm³/mol. The average Bonchev–Trinajstić information content (AvgIpc) is 2.60. The molecule has 0 saturated carbocycles. The molecule has 0 aromatic heterocycles. The van der Waals surface area contributed by atoms with Gasteiger partial charge in [0, 0.05) is 44.5 Å². The molecule has 0 bridgehead atoms. The van der Waals surface area contributed by atoms with Gasteiger partial charge in [-0.05, 0) is 47.7 Å². The molecule has 1 aliphatic heterocycles. The van der Waals surface area contributed by atoms with Crippen LogP contribution in [-0.2, 0) is 4.79 Å². The quantitative estimate of drug-likeness (QED) is 0.320. The number of ketones is 1. The summed E-state index contributed by atoms with van der Waals surface area (Å²) < 4.78 is 0. The first kappa shape index (κ1) is 21.8. The summed E-state index contributed by atoms with van der Waals surface area (Å²) >= 11 is 0. The highest BCUT2D eigenvalue weighted by molar-refractivity contribution is 6.30. The Bertz CT molecular complexity index is 584. The smallest absolute Gasteiger partial charge is 0.169 e. The normalized spacial score (nSPS) is 18.0. The largest absolute Gasteiger partial charge is 0.354 e. The minimum Gasteiger partial charge on any atom is -0.354 e. The Balaban J connectivity index is 2.90. The van der Waals surface area contributed by atoms with Gasteiger partial charge in [-0.2, -0.15) is 0 Å². The van der Waals surface area contributed by atoms with E-state index in [1.54, 1.807) is 32.2 Å². The standard InChI is InChI=1S/C18H33N7O/c1-14(16(3)26)15(2)21-24(7)22-18(12-20-13-19-4)25-10-8-17(9-11-25)23(5)6/h12-13,17,21H,8-11H2,1-7H3. The Morgan fingerprint density at radius 3 is 2.27 bits per heavy atom. The number of hydrazine groups is 1. The minimum absolute atomic E-state index is 0.0408. The van der Waals surface area contributed by atoms with E-state index < -0.39 is 0 Å². The number of rotatable bonds is 7. The molecule has 26 heavy (non-hydrogen) atoms. The van der Waals surface area contributed by atoms with Crippen LogP contribution in [0.2, 0.25) is 0 Å². The molecule has 0 atom stereocenters. The molecule has 0 radical (unpaired) electrons. The Morgan fingerprint density at radius 1 is 1.15 bits per heavy atom. The zero-order chi connectivity index (χ0) is 19.7. The number of nitrogens with zero attached hydrogens (tertiary/aromatic N) is 6. The van der Waals surface area contributed by atoms with E-state index in [9.17, 15) is 4.79 Å². The molecule has 1 fully saturated rings. The summed E-state index contributed by atoms with van der Waals surface area (Å²) in [6, 6.07) is 0.598. The molecule has 1 N–H and O–H groups in total. The van der Waals surface area contributed by atoms with Crippen molar-refractivity contribution in [3.63, 3.8) is 0 Å². The molecular weight excluding hydrogens is 330 g/mol. The SMILES string of the molecule is CN=CN=CC(=NN(C)NC(C)=C(C)C(C)=O)N1CCC(N(C)C)CC1. The molecule has 0 amide bonds. The van der Waals surface area contributed by atoms with Gasteiger partial charge in [-0.3, -0.25) is 15.2 Å². The highest BCUT2D eigenvalue weighted by Gasteiger charge is 2.22. The van der Waals surface area contributed by atoms with Crippen LogP contribution in [0.5, 0.6) is 0 Å². The second-order valence-electron chi connectivity index (χ2n) is 6.73. The van der Waals surface area contributed by atoms with Crippen LogP contribution < -0.4 is 5.43 Å². The third-order valence-electron chi connectivity index (χ3n) is 4.56. The van der Waals surface area contributed by atoms with E-state index in [-0.39, 0.29) is 5.78 Å². The fourth-order valence-corrected chi connectivity index (χ4v) is 2.72. The first-order valence-corrected chi connectivity index (χ1v) is 8.88. The van der Waals surface area contributed by atoms with Crippen LogP contribution in [0.25, 0.3) is 0 Å². The fourth-order valence-electron chi connectivity index (χ4n) is 2.72. The predicted octanol–water partition coefficient (Wildman–Crippen LogP) is 1.37. The van der Waals surface area contributed by atoms with Gasteiger partial charge in [0.1, 0.15) is 6.34 Å². The lowest BCUT2D eigenvalue weighted by molar-refractivity contribution is -0.113. The number of aliphatic imine (C=N–C) groups is 2. The second-order valence-corrected chi connectivity index (χ2v) is 6.73. The third kappa shape index (κ3) is 6.95. The Morgan fingerprint density at radius 2 is 1.77 bits per heavy atom. The van der Waals surface area contributed by atoms with Crippen molar-refractivity contribution in [3.05, 3.63) is 11.3 Å². The van der Waals surface area contributed by atoms with E-state index in [1.807, 2.05) is 14.0 Å². The van der Waals surface area contributed by atoms with E-state index in [2.05, 4.69) is 44.4 Å². The molecule has 1 aliphatic rings. The molecule has 0 aromatic rings. The topological polar surface area (TPSA) is 75.9 Å². The molecule has 8 nitrogen and oxygen atoms in total. The first-order valence-electron chi connectivity index (χ1n) is 8.88. The number of hydrogen-bond donors (Lipinski definition) is 1. The maximum atomic E-state index is 11.5. The number of hydrazone groups is 1. The van der Waals surface area contributed by atoms with Crippen LogP contribution in [0, 0.1) is 0 Å². The van der Waals surface area contributed by atoms with Crippen molar-refractivity contribution >= 4 is 24.2 Å². The molecule has 0 unspecified atom stereocenters. The van der Waals surface area contributed by atoms with Crippen molar-refractivity contribution in [1.29, 1.82) is 0 Å². The van der Waals surface area contributed by atoms with Gasteiger partial charge >= 0.3 is 0 Å².